The standard InChI is InChI=1S/C51H32N2O2/c1-3-10-33(11-4-1)34-22-27-40(28-23-34)53(45-15-9-17-47-49(45)42-14-7-8-16-46(42)54-47)41-29-24-35(25-30-41)39-21-19-36-18-20-37-26-31-44-50(48(37)43(36)32-39)55-51(52-44)38-12-5-2-6-13-38/h1-32H. The van der Waals surface area contributed by atoms with Crippen LogP contribution < -0.4 is 4.90 Å². The summed E-state index contributed by atoms with van der Waals surface area (Å²) < 4.78 is 12.9. The lowest BCUT2D eigenvalue weighted by molar-refractivity contribution is 0.623. The van der Waals surface area contributed by atoms with Gasteiger partial charge in [0.15, 0.2) is 5.58 Å². The van der Waals surface area contributed by atoms with Crippen molar-refractivity contribution in [3.8, 4) is 33.7 Å². The zero-order valence-electron chi connectivity index (χ0n) is 29.7. The quantitative estimate of drug-likeness (QED) is 0.162. The van der Waals surface area contributed by atoms with Crippen LogP contribution in [0.25, 0.3) is 88.3 Å². The lowest BCUT2D eigenvalue weighted by atomic mass is 9.96. The monoisotopic (exact) mass is 704 g/mol. The van der Waals surface area contributed by atoms with Gasteiger partial charge in [0, 0.05) is 27.7 Å². The molecule has 0 amide bonds. The number of furan rings is 1. The molecular weight excluding hydrogens is 673 g/mol. The molecule has 2 aromatic heterocycles. The van der Waals surface area contributed by atoms with Gasteiger partial charge in [-0.3, -0.25) is 0 Å². The van der Waals surface area contributed by atoms with Gasteiger partial charge in [-0.1, -0.05) is 127 Å². The summed E-state index contributed by atoms with van der Waals surface area (Å²) >= 11 is 0. The lowest BCUT2D eigenvalue weighted by Crippen LogP contribution is -2.10. The van der Waals surface area contributed by atoms with E-state index in [4.69, 9.17) is 13.8 Å². The summed E-state index contributed by atoms with van der Waals surface area (Å²) in [5, 5.41) is 6.68. The number of rotatable bonds is 6. The van der Waals surface area contributed by atoms with E-state index in [-0.39, 0.29) is 0 Å². The number of hydrogen-bond donors (Lipinski definition) is 0. The molecule has 0 spiro atoms. The first kappa shape index (κ1) is 31.1. The molecule has 0 fully saturated rings. The van der Waals surface area contributed by atoms with Crippen molar-refractivity contribution in [3.63, 3.8) is 0 Å². The van der Waals surface area contributed by atoms with Crippen molar-refractivity contribution in [3.05, 3.63) is 194 Å². The molecule has 0 bridgehead atoms. The molecule has 0 aliphatic heterocycles. The first-order valence-corrected chi connectivity index (χ1v) is 18.5. The van der Waals surface area contributed by atoms with Gasteiger partial charge in [-0.05, 0) is 105 Å². The smallest absolute Gasteiger partial charge is 0.227 e. The Kier molecular flexibility index (Phi) is 7.14. The van der Waals surface area contributed by atoms with Crippen LogP contribution in [0, 0.1) is 0 Å². The number of anilines is 3. The van der Waals surface area contributed by atoms with Crippen molar-refractivity contribution < 1.29 is 8.83 Å². The molecule has 55 heavy (non-hydrogen) atoms. The lowest BCUT2D eigenvalue weighted by Gasteiger charge is -2.26. The maximum atomic E-state index is 6.51. The van der Waals surface area contributed by atoms with Crippen LogP contribution in [0.4, 0.5) is 17.1 Å². The van der Waals surface area contributed by atoms with Gasteiger partial charge in [0.2, 0.25) is 5.89 Å². The summed E-state index contributed by atoms with van der Waals surface area (Å²) in [5.74, 6) is 0.630. The van der Waals surface area contributed by atoms with E-state index in [0.717, 1.165) is 88.3 Å². The Morgan fingerprint density at radius 2 is 0.964 bits per heavy atom. The van der Waals surface area contributed by atoms with Crippen LogP contribution in [0.3, 0.4) is 0 Å². The third-order valence-electron chi connectivity index (χ3n) is 10.7. The number of hydrogen-bond acceptors (Lipinski definition) is 4. The second-order valence-corrected chi connectivity index (χ2v) is 13.9. The molecule has 0 saturated heterocycles. The summed E-state index contributed by atoms with van der Waals surface area (Å²) in [5.41, 5.74) is 12.2. The van der Waals surface area contributed by atoms with Crippen LogP contribution >= 0.6 is 0 Å². The highest BCUT2D eigenvalue weighted by Crippen LogP contribution is 2.44. The third kappa shape index (κ3) is 5.26. The minimum atomic E-state index is 0.630. The first-order valence-electron chi connectivity index (χ1n) is 18.5. The molecule has 11 rings (SSSR count). The molecule has 11 aromatic rings. The Hall–Kier alpha value is -7.43. The van der Waals surface area contributed by atoms with Gasteiger partial charge in [0.25, 0.3) is 0 Å². The average molecular weight is 705 g/mol. The molecule has 0 atom stereocenters. The molecule has 9 aromatic carbocycles. The molecule has 4 nitrogen and oxygen atoms in total. The zero-order chi connectivity index (χ0) is 36.3. The maximum absolute atomic E-state index is 6.51. The van der Waals surface area contributed by atoms with Crippen LogP contribution in [0.1, 0.15) is 0 Å². The van der Waals surface area contributed by atoms with Crippen LogP contribution in [0.2, 0.25) is 0 Å². The molecule has 0 N–H and O–H groups in total. The van der Waals surface area contributed by atoms with E-state index in [1.807, 2.05) is 42.5 Å². The Morgan fingerprint density at radius 3 is 1.73 bits per heavy atom. The number of fused-ring (bicyclic) bond motifs is 8. The van der Waals surface area contributed by atoms with Crippen molar-refractivity contribution in [2.24, 2.45) is 0 Å². The molecule has 0 saturated carbocycles. The van der Waals surface area contributed by atoms with E-state index < -0.39 is 0 Å². The molecule has 0 aliphatic carbocycles. The van der Waals surface area contributed by atoms with Crippen LogP contribution in [-0.2, 0) is 0 Å². The van der Waals surface area contributed by atoms with E-state index >= 15 is 0 Å². The maximum Gasteiger partial charge on any atom is 0.227 e. The molecule has 2 heterocycles. The minimum Gasteiger partial charge on any atom is -0.456 e. The third-order valence-corrected chi connectivity index (χ3v) is 10.7. The molecular formula is C51H32N2O2. The minimum absolute atomic E-state index is 0.630. The summed E-state index contributed by atoms with van der Waals surface area (Å²) in [6, 6.07) is 68.1. The Labute approximate surface area is 317 Å². The van der Waals surface area contributed by atoms with Gasteiger partial charge in [-0.25, -0.2) is 4.98 Å². The highest BCUT2D eigenvalue weighted by Gasteiger charge is 2.20. The number of para-hydroxylation sites is 1. The predicted molar refractivity (Wildman–Crippen MR) is 227 cm³/mol. The topological polar surface area (TPSA) is 42.4 Å². The Morgan fingerprint density at radius 1 is 0.382 bits per heavy atom. The van der Waals surface area contributed by atoms with Gasteiger partial charge < -0.3 is 13.7 Å². The summed E-state index contributed by atoms with van der Waals surface area (Å²) in [4.78, 5) is 7.21. The summed E-state index contributed by atoms with van der Waals surface area (Å²) in [6.45, 7) is 0. The number of benzene rings is 9. The van der Waals surface area contributed by atoms with Crippen LogP contribution in [0.15, 0.2) is 203 Å². The van der Waals surface area contributed by atoms with Gasteiger partial charge >= 0.3 is 0 Å². The van der Waals surface area contributed by atoms with Crippen LogP contribution in [0.5, 0.6) is 0 Å². The molecule has 0 radical (unpaired) electrons. The summed E-state index contributed by atoms with van der Waals surface area (Å²) in [6.07, 6.45) is 0. The molecule has 4 heteroatoms. The van der Waals surface area contributed by atoms with Gasteiger partial charge in [0.05, 0.1) is 11.1 Å². The van der Waals surface area contributed by atoms with E-state index in [9.17, 15) is 0 Å². The Balaban J connectivity index is 1.04. The average Bonchev–Trinajstić information content (AvgIpc) is 3.87. The fraction of sp³-hybridized carbons (Fsp3) is 0. The van der Waals surface area contributed by atoms with Crippen molar-refractivity contribution >= 4 is 71.6 Å². The zero-order valence-corrected chi connectivity index (χ0v) is 29.7. The van der Waals surface area contributed by atoms with E-state index in [1.165, 1.54) is 11.1 Å². The normalized spacial score (nSPS) is 11.6. The SMILES string of the molecule is c1ccc(-c2ccc(N(c3ccc(-c4ccc5ccc6ccc7nc(-c8ccccc8)oc7c6c5c4)cc3)c3cccc4oc5ccccc5c34)cc2)cc1. The highest BCUT2D eigenvalue weighted by molar-refractivity contribution is 6.19. The number of aromatic nitrogens is 1. The number of oxazole rings is 1. The number of nitrogens with zero attached hydrogens (tertiary/aromatic N) is 2. The van der Waals surface area contributed by atoms with Gasteiger partial charge in [-0.2, -0.15) is 0 Å². The van der Waals surface area contributed by atoms with Crippen molar-refractivity contribution in [2.45, 2.75) is 0 Å². The Bertz CT molecular complexity index is 3180. The highest BCUT2D eigenvalue weighted by atomic mass is 16.3. The largest absolute Gasteiger partial charge is 0.456 e. The van der Waals surface area contributed by atoms with E-state index in [1.54, 1.807) is 0 Å². The van der Waals surface area contributed by atoms with Crippen molar-refractivity contribution in [2.75, 3.05) is 4.90 Å². The van der Waals surface area contributed by atoms with Crippen molar-refractivity contribution in [1.82, 2.24) is 4.98 Å². The molecule has 0 unspecified atom stereocenters. The van der Waals surface area contributed by atoms with Crippen LogP contribution in [-0.4, -0.2) is 4.98 Å². The van der Waals surface area contributed by atoms with Gasteiger partial charge in [0.1, 0.15) is 16.7 Å². The second kappa shape index (κ2) is 12.6. The van der Waals surface area contributed by atoms with E-state index in [2.05, 4.69) is 157 Å². The summed E-state index contributed by atoms with van der Waals surface area (Å²) in [7, 11) is 0. The fourth-order valence-electron chi connectivity index (χ4n) is 8.01. The fourth-order valence-corrected chi connectivity index (χ4v) is 8.01. The molecule has 258 valence electrons. The molecule has 0 aliphatic rings. The van der Waals surface area contributed by atoms with Crippen molar-refractivity contribution in [1.29, 1.82) is 0 Å². The van der Waals surface area contributed by atoms with E-state index in [0.29, 0.717) is 5.89 Å². The first-order chi connectivity index (χ1) is 27.2. The predicted octanol–water partition coefficient (Wildman–Crippen LogP) is 14.5. The second-order valence-electron chi connectivity index (χ2n) is 13.9. The van der Waals surface area contributed by atoms with Gasteiger partial charge in [-0.15, -0.1) is 0 Å².